The molecule has 106 valence electrons. The molecule has 0 saturated heterocycles. The van der Waals surface area contributed by atoms with Gasteiger partial charge in [0.1, 0.15) is 5.82 Å². The van der Waals surface area contributed by atoms with Gasteiger partial charge in [-0.3, -0.25) is 4.79 Å². The van der Waals surface area contributed by atoms with Crippen molar-refractivity contribution in [3.63, 3.8) is 0 Å². The second kappa shape index (κ2) is 5.01. The molecule has 2 aromatic carbocycles. The Balaban J connectivity index is 2.18. The molecule has 3 rings (SSSR count). The maximum Gasteiger partial charge on any atom is 0.196 e. The van der Waals surface area contributed by atoms with E-state index < -0.39 is 5.82 Å². The SMILES string of the molecule is Cc1ccc2c(C(=O)c3ccc(F)cc3Cl)cn(C)c2c1. The number of aromatic nitrogens is 1. The van der Waals surface area contributed by atoms with Crippen molar-refractivity contribution in [3.8, 4) is 0 Å². The fourth-order valence-corrected chi connectivity index (χ4v) is 2.75. The predicted molar refractivity (Wildman–Crippen MR) is 82.5 cm³/mol. The number of hydrogen-bond acceptors (Lipinski definition) is 1. The van der Waals surface area contributed by atoms with Crippen molar-refractivity contribution >= 4 is 28.3 Å². The lowest BCUT2D eigenvalue weighted by Crippen LogP contribution is -2.02. The number of hydrogen-bond donors (Lipinski definition) is 0. The first-order valence-corrected chi connectivity index (χ1v) is 6.90. The quantitative estimate of drug-likeness (QED) is 0.638. The largest absolute Gasteiger partial charge is 0.350 e. The molecule has 0 N–H and O–H groups in total. The Bertz CT molecular complexity index is 867. The minimum Gasteiger partial charge on any atom is -0.350 e. The van der Waals surface area contributed by atoms with Gasteiger partial charge in [0.25, 0.3) is 0 Å². The lowest BCUT2D eigenvalue weighted by molar-refractivity contribution is 0.104. The first kappa shape index (κ1) is 13.8. The zero-order chi connectivity index (χ0) is 15.1. The summed E-state index contributed by atoms with van der Waals surface area (Å²) in [4.78, 5) is 12.7. The summed E-state index contributed by atoms with van der Waals surface area (Å²) in [6.45, 7) is 2.00. The maximum atomic E-state index is 13.1. The zero-order valence-electron chi connectivity index (χ0n) is 11.7. The normalized spacial score (nSPS) is 11.0. The van der Waals surface area contributed by atoms with Gasteiger partial charge >= 0.3 is 0 Å². The van der Waals surface area contributed by atoms with Gasteiger partial charge in [-0.15, -0.1) is 0 Å². The molecule has 0 aliphatic rings. The molecule has 0 bridgehead atoms. The Labute approximate surface area is 126 Å². The smallest absolute Gasteiger partial charge is 0.196 e. The lowest BCUT2D eigenvalue weighted by atomic mass is 10.0. The van der Waals surface area contributed by atoms with Crippen molar-refractivity contribution < 1.29 is 9.18 Å². The van der Waals surface area contributed by atoms with Crippen LogP contribution in [0, 0.1) is 12.7 Å². The lowest BCUT2D eigenvalue weighted by Gasteiger charge is -2.03. The summed E-state index contributed by atoms with van der Waals surface area (Å²) in [5.41, 5.74) is 2.99. The van der Waals surface area contributed by atoms with Crippen molar-refractivity contribution in [2.75, 3.05) is 0 Å². The molecule has 0 unspecified atom stereocenters. The fourth-order valence-electron chi connectivity index (χ4n) is 2.49. The van der Waals surface area contributed by atoms with Crippen LogP contribution >= 0.6 is 11.6 Å². The second-order valence-corrected chi connectivity index (χ2v) is 5.53. The molecule has 0 radical (unpaired) electrons. The Kier molecular flexibility index (Phi) is 3.30. The van der Waals surface area contributed by atoms with Gasteiger partial charge in [0, 0.05) is 35.3 Å². The minimum atomic E-state index is -0.454. The number of benzene rings is 2. The van der Waals surface area contributed by atoms with Crippen molar-refractivity contribution in [1.29, 1.82) is 0 Å². The molecular formula is C17H13ClFNO. The highest BCUT2D eigenvalue weighted by atomic mass is 35.5. The monoisotopic (exact) mass is 301 g/mol. The Hall–Kier alpha value is -2.13. The first-order chi connectivity index (χ1) is 9.97. The first-order valence-electron chi connectivity index (χ1n) is 6.53. The molecule has 0 spiro atoms. The van der Waals surface area contributed by atoms with Crippen LogP contribution in [0.4, 0.5) is 4.39 Å². The van der Waals surface area contributed by atoms with E-state index in [9.17, 15) is 9.18 Å². The third-order valence-electron chi connectivity index (χ3n) is 3.57. The zero-order valence-corrected chi connectivity index (χ0v) is 12.4. The summed E-state index contributed by atoms with van der Waals surface area (Å²) >= 11 is 5.99. The molecule has 3 aromatic rings. The van der Waals surface area contributed by atoms with Gasteiger partial charge in [-0.05, 0) is 36.8 Å². The molecular weight excluding hydrogens is 289 g/mol. The molecule has 0 amide bonds. The third kappa shape index (κ3) is 2.34. The predicted octanol–water partition coefficient (Wildman–Crippen LogP) is 4.51. The van der Waals surface area contributed by atoms with Crippen LogP contribution in [0.3, 0.4) is 0 Å². The van der Waals surface area contributed by atoms with E-state index in [0.29, 0.717) is 11.1 Å². The van der Waals surface area contributed by atoms with Crippen LogP contribution in [0.1, 0.15) is 21.5 Å². The summed E-state index contributed by atoms with van der Waals surface area (Å²) in [6.07, 6.45) is 1.78. The molecule has 0 saturated carbocycles. The standard InChI is InChI=1S/C17H13ClFNO/c1-10-3-5-12-14(9-20(2)16(12)7-10)17(21)13-6-4-11(19)8-15(13)18/h3-9H,1-2H3. The van der Waals surface area contributed by atoms with Gasteiger partial charge < -0.3 is 4.57 Å². The molecule has 0 fully saturated rings. The molecule has 0 atom stereocenters. The van der Waals surface area contributed by atoms with Crippen LogP contribution in [0.15, 0.2) is 42.6 Å². The molecule has 1 aromatic heterocycles. The number of ketones is 1. The fraction of sp³-hybridized carbons (Fsp3) is 0.118. The van der Waals surface area contributed by atoms with Crippen LogP contribution in [0.25, 0.3) is 10.9 Å². The Morgan fingerprint density at radius 2 is 1.90 bits per heavy atom. The van der Waals surface area contributed by atoms with E-state index in [2.05, 4.69) is 0 Å². The minimum absolute atomic E-state index is 0.129. The number of nitrogens with zero attached hydrogens (tertiary/aromatic N) is 1. The van der Waals surface area contributed by atoms with Gasteiger partial charge in [-0.2, -0.15) is 0 Å². The average Bonchev–Trinajstić information content (AvgIpc) is 2.75. The summed E-state index contributed by atoms with van der Waals surface area (Å²) < 4.78 is 15.0. The van der Waals surface area contributed by atoms with Gasteiger partial charge in [0.05, 0.1) is 5.02 Å². The van der Waals surface area contributed by atoms with Crippen LogP contribution in [0.5, 0.6) is 0 Å². The molecule has 1 heterocycles. The van der Waals surface area contributed by atoms with Crippen molar-refractivity contribution in [3.05, 3.63) is 70.1 Å². The van der Waals surface area contributed by atoms with Crippen LogP contribution in [-0.4, -0.2) is 10.4 Å². The molecule has 2 nitrogen and oxygen atoms in total. The number of aryl methyl sites for hydroxylation is 2. The average molecular weight is 302 g/mol. The Morgan fingerprint density at radius 1 is 1.14 bits per heavy atom. The van der Waals surface area contributed by atoms with E-state index in [1.807, 2.05) is 36.7 Å². The summed E-state index contributed by atoms with van der Waals surface area (Å²) in [5, 5.41) is 0.998. The van der Waals surface area contributed by atoms with Crippen LogP contribution in [-0.2, 0) is 7.05 Å². The summed E-state index contributed by atoms with van der Waals surface area (Å²) in [6, 6.07) is 9.74. The summed E-state index contributed by atoms with van der Waals surface area (Å²) in [7, 11) is 1.89. The number of halogens is 2. The van der Waals surface area contributed by atoms with Crippen molar-refractivity contribution in [2.45, 2.75) is 6.92 Å². The van der Waals surface area contributed by atoms with E-state index in [1.54, 1.807) is 6.20 Å². The topological polar surface area (TPSA) is 22.0 Å². The number of carbonyl (C=O) groups excluding carboxylic acids is 1. The second-order valence-electron chi connectivity index (χ2n) is 5.13. The number of carbonyl (C=O) groups is 1. The maximum absolute atomic E-state index is 13.1. The van der Waals surface area contributed by atoms with E-state index in [-0.39, 0.29) is 10.8 Å². The van der Waals surface area contributed by atoms with Gasteiger partial charge in [0.15, 0.2) is 5.78 Å². The van der Waals surface area contributed by atoms with Crippen LogP contribution in [0.2, 0.25) is 5.02 Å². The summed E-state index contributed by atoms with van der Waals surface area (Å²) in [5.74, 6) is -0.653. The van der Waals surface area contributed by atoms with E-state index in [1.165, 1.54) is 12.1 Å². The van der Waals surface area contributed by atoms with Crippen molar-refractivity contribution in [1.82, 2.24) is 4.57 Å². The molecule has 0 aliphatic heterocycles. The van der Waals surface area contributed by atoms with Crippen LogP contribution < -0.4 is 0 Å². The van der Waals surface area contributed by atoms with Gasteiger partial charge in [-0.1, -0.05) is 23.7 Å². The molecule has 21 heavy (non-hydrogen) atoms. The Morgan fingerprint density at radius 3 is 2.62 bits per heavy atom. The third-order valence-corrected chi connectivity index (χ3v) is 3.88. The number of fused-ring (bicyclic) bond motifs is 1. The molecule has 4 heteroatoms. The number of rotatable bonds is 2. The highest BCUT2D eigenvalue weighted by Crippen LogP contribution is 2.27. The highest BCUT2D eigenvalue weighted by Gasteiger charge is 2.18. The van der Waals surface area contributed by atoms with E-state index in [4.69, 9.17) is 11.6 Å². The van der Waals surface area contributed by atoms with Gasteiger partial charge in [0.2, 0.25) is 0 Å². The van der Waals surface area contributed by atoms with Gasteiger partial charge in [-0.25, -0.2) is 4.39 Å². The van der Waals surface area contributed by atoms with E-state index in [0.717, 1.165) is 22.5 Å². The highest BCUT2D eigenvalue weighted by molar-refractivity contribution is 6.35. The van der Waals surface area contributed by atoms with E-state index >= 15 is 0 Å². The van der Waals surface area contributed by atoms with Crippen molar-refractivity contribution in [2.24, 2.45) is 7.05 Å². The molecule has 0 aliphatic carbocycles.